The summed E-state index contributed by atoms with van der Waals surface area (Å²) in [6.07, 6.45) is 4.06. The molecule has 1 aromatic heterocycles. The Hall–Kier alpha value is -1.81. The Labute approximate surface area is 119 Å². The van der Waals surface area contributed by atoms with Crippen molar-refractivity contribution in [3.05, 3.63) is 30.5 Å². The quantitative estimate of drug-likeness (QED) is 0.933. The fraction of sp³-hybridized carbons (Fsp3) is 0.438. The van der Waals surface area contributed by atoms with Crippen molar-refractivity contribution in [1.29, 1.82) is 0 Å². The van der Waals surface area contributed by atoms with Crippen LogP contribution in [0.1, 0.15) is 19.8 Å². The zero-order valence-electron chi connectivity index (χ0n) is 11.7. The maximum Gasteiger partial charge on any atom is 0.218 e. The van der Waals surface area contributed by atoms with E-state index in [1.54, 1.807) is 6.20 Å². The van der Waals surface area contributed by atoms with Gasteiger partial charge in [-0.15, -0.1) is 0 Å². The summed E-state index contributed by atoms with van der Waals surface area (Å²) in [5, 5.41) is 11.4. The van der Waals surface area contributed by atoms with Gasteiger partial charge in [0.25, 0.3) is 0 Å². The number of ether oxygens (including phenoxy) is 1. The molecule has 1 aliphatic rings. The minimum atomic E-state index is 0.0744. The van der Waals surface area contributed by atoms with E-state index in [0.29, 0.717) is 6.10 Å². The van der Waals surface area contributed by atoms with Crippen LogP contribution in [0.4, 0.5) is 0 Å². The van der Waals surface area contributed by atoms with Crippen molar-refractivity contribution in [3.8, 4) is 11.6 Å². The van der Waals surface area contributed by atoms with Crippen LogP contribution in [-0.4, -0.2) is 40.7 Å². The standard InChI is InChI=1S/C16H20N2O2/c1-2-18-9-6-13(7-10-18)20-14-3-4-15-12(11-14)5-8-17-16(15)19/h3-5,8,11,13H,2,6-7,9-10H2,1H3,(H,17,19). The van der Waals surface area contributed by atoms with E-state index < -0.39 is 0 Å². The largest absolute Gasteiger partial charge is 0.493 e. The van der Waals surface area contributed by atoms with Gasteiger partial charge < -0.3 is 14.7 Å². The normalized spacial score (nSPS) is 17.4. The number of hydrogen-bond donors (Lipinski definition) is 1. The number of piperidine rings is 1. The highest BCUT2D eigenvalue weighted by Crippen LogP contribution is 2.27. The van der Waals surface area contributed by atoms with E-state index in [9.17, 15) is 5.11 Å². The first kappa shape index (κ1) is 13.2. The Kier molecular flexibility index (Phi) is 3.74. The number of benzene rings is 1. The van der Waals surface area contributed by atoms with Crippen LogP contribution < -0.4 is 4.74 Å². The molecule has 0 radical (unpaired) electrons. The van der Waals surface area contributed by atoms with Gasteiger partial charge in [-0.2, -0.15) is 0 Å². The fourth-order valence-corrected chi connectivity index (χ4v) is 2.75. The van der Waals surface area contributed by atoms with Gasteiger partial charge >= 0.3 is 0 Å². The summed E-state index contributed by atoms with van der Waals surface area (Å²) in [7, 11) is 0. The van der Waals surface area contributed by atoms with Crippen molar-refractivity contribution < 1.29 is 9.84 Å². The monoisotopic (exact) mass is 272 g/mol. The van der Waals surface area contributed by atoms with Gasteiger partial charge in [-0.3, -0.25) is 0 Å². The Morgan fingerprint density at radius 2 is 2.10 bits per heavy atom. The summed E-state index contributed by atoms with van der Waals surface area (Å²) in [6.45, 7) is 5.54. The van der Waals surface area contributed by atoms with Crippen molar-refractivity contribution >= 4 is 10.8 Å². The summed E-state index contributed by atoms with van der Waals surface area (Å²) in [5.41, 5.74) is 0. The first-order valence-electron chi connectivity index (χ1n) is 7.23. The lowest BCUT2D eigenvalue weighted by molar-refractivity contribution is 0.104. The average molecular weight is 272 g/mol. The second-order valence-electron chi connectivity index (χ2n) is 5.27. The van der Waals surface area contributed by atoms with Gasteiger partial charge in [-0.25, -0.2) is 4.98 Å². The summed E-state index contributed by atoms with van der Waals surface area (Å²) >= 11 is 0. The molecule has 2 aromatic rings. The van der Waals surface area contributed by atoms with Gasteiger partial charge in [0.15, 0.2) is 0 Å². The van der Waals surface area contributed by atoms with Crippen molar-refractivity contribution in [2.45, 2.75) is 25.9 Å². The number of aromatic nitrogens is 1. The molecule has 0 aliphatic carbocycles. The number of rotatable bonds is 3. The molecule has 0 saturated carbocycles. The van der Waals surface area contributed by atoms with Crippen molar-refractivity contribution in [2.24, 2.45) is 0 Å². The third kappa shape index (κ3) is 2.70. The summed E-state index contributed by atoms with van der Waals surface area (Å²) in [5.74, 6) is 0.948. The zero-order valence-corrected chi connectivity index (χ0v) is 11.7. The molecule has 0 unspecified atom stereocenters. The van der Waals surface area contributed by atoms with Crippen LogP contribution in [0.5, 0.6) is 11.6 Å². The van der Waals surface area contributed by atoms with Gasteiger partial charge in [-0.1, -0.05) is 6.92 Å². The van der Waals surface area contributed by atoms with Crippen molar-refractivity contribution in [2.75, 3.05) is 19.6 Å². The summed E-state index contributed by atoms with van der Waals surface area (Å²) < 4.78 is 6.07. The first-order chi connectivity index (χ1) is 9.76. The van der Waals surface area contributed by atoms with Crippen LogP contribution in [0.3, 0.4) is 0 Å². The number of hydrogen-bond acceptors (Lipinski definition) is 4. The minimum Gasteiger partial charge on any atom is -0.493 e. The van der Waals surface area contributed by atoms with E-state index in [1.807, 2.05) is 24.3 Å². The number of likely N-dealkylation sites (tertiary alicyclic amines) is 1. The van der Waals surface area contributed by atoms with Crippen LogP contribution in [0.2, 0.25) is 0 Å². The summed E-state index contributed by atoms with van der Waals surface area (Å²) in [4.78, 5) is 6.33. The van der Waals surface area contributed by atoms with Crippen molar-refractivity contribution in [3.63, 3.8) is 0 Å². The lowest BCUT2D eigenvalue weighted by Gasteiger charge is -2.31. The molecule has 1 N–H and O–H groups in total. The molecule has 0 spiro atoms. The van der Waals surface area contributed by atoms with Crippen molar-refractivity contribution in [1.82, 2.24) is 9.88 Å². The van der Waals surface area contributed by atoms with Gasteiger partial charge in [0.1, 0.15) is 11.9 Å². The Balaban J connectivity index is 1.72. The number of pyridine rings is 1. The maximum atomic E-state index is 9.68. The van der Waals surface area contributed by atoms with Crippen LogP contribution in [0.25, 0.3) is 10.8 Å². The number of aromatic hydroxyl groups is 1. The molecule has 1 aliphatic heterocycles. The molecule has 0 bridgehead atoms. The van der Waals surface area contributed by atoms with E-state index in [0.717, 1.165) is 49.0 Å². The molecule has 0 atom stereocenters. The summed E-state index contributed by atoms with van der Waals surface area (Å²) in [6, 6.07) is 7.65. The molecule has 1 saturated heterocycles. The van der Waals surface area contributed by atoms with Gasteiger partial charge in [0, 0.05) is 24.7 Å². The van der Waals surface area contributed by atoms with Crippen LogP contribution in [-0.2, 0) is 0 Å². The third-order valence-corrected chi connectivity index (χ3v) is 4.00. The Bertz CT molecular complexity index is 592. The van der Waals surface area contributed by atoms with Gasteiger partial charge in [-0.05, 0) is 49.0 Å². The molecule has 106 valence electrons. The van der Waals surface area contributed by atoms with Crippen LogP contribution >= 0.6 is 0 Å². The molecule has 1 fully saturated rings. The fourth-order valence-electron chi connectivity index (χ4n) is 2.75. The van der Waals surface area contributed by atoms with E-state index >= 15 is 0 Å². The first-order valence-corrected chi connectivity index (χ1v) is 7.23. The van der Waals surface area contributed by atoms with E-state index in [1.165, 1.54) is 0 Å². The van der Waals surface area contributed by atoms with E-state index in [-0.39, 0.29) is 5.88 Å². The smallest absolute Gasteiger partial charge is 0.218 e. The third-order valence-electron chi connectivity index (χ3n) is 4.00. The molecular formula is C16H20N2O2. The highest BCUT2D eigenvalue weighted by atomic mass is 16.5. The van der Waals surface area contributed by atoms with Gasteiger partial charge in [0.2, 0.25) is 5.88 Å². The molecule has 1 aromatic carbocycles. The SMILES string of the molecule is CCN1CCC(Oc2ccc3c(O)nccc3c2)CC1. The molecule has 4 nitrogen and oxygen atoms in total. The second kappa shape index (κ2) is 5.67. The zero-order chi connectivity index (χ0) is 13.9. The molecular weight excluding hydrogens is 252 g/mol. The number of nitrogens with zero attached hydrogens (tertiary/aromatic N) is 2. The molecule has 3 rings (SSSR count). The van der Waals surface area contributed by atoms with E-state index in [2.05, 4.69) is 16.8 Å². The lowest BCUT2D eigenvalue weighted by atomic mass is 10.1. The maximum absolute atomic E-state index is 9.68. The topological polar surface area (TPSA) is 45.6 Å². The highest BCUT2D eigenvalue weighted by molar-refractivity contribution is 5.87. The number of fused-ring (bicyclic) bond motifs is 1. The predicted octanol–water partition coefficient (Wildman–Crippen LogP) is 2.80. The minimum absolute atomic E-state index is 0.0744. The second-order valence-corrected chi connectivity index (χ2v) is 5.27. The van der Waals surface area contributed by atoms with Gasteiger partial charge in [0.05, 0.1) is 0 Å². The van der Waals surface area contributed by atoms with Crippen LogP contribution in [0, 0.1) is 0 Å². The molecule has 0 amide bonds. The average Bonchev–Trinajstić information content (AvgIpc) is 2.48. The Morgan fingerprint density at radius 1 is 1.30 bits per heavy atom. The molecule has 4 heteroatoms. The van der Waals surface area contributed by atoms with E-state index in [4.69, 9.17) is 4.74 Å². The Morgan fingerprint density at radius 3 is 2.85 bits per heavy atom. The highest BCUT2D eigenvalue weighted by Gasteiger charge is 2.19. The predicted molar refractivity (Wildman–Crippen MR) is 79.2 cm³/mol. The molecule has 2 heterocycles. The lowest BCUT2D eigenvalue weighted by Crippen LogP contribution is -2.37. The van der Waals surface area contributed by atoms with Crippen LogP contribution in [0.15, 0.2) is 30.5 Å². The molecule has 20 heavy (non-hydrogen) atoms.